The molecule has 4 N–H and O–H groups in total. The minimum atomic E-state index is 0.820. The monoisotopic (exact) mass is 170 g/mol. The predicted molar refractivity (Wildman–Crippen MR) is 55.0 cm³/mol. The van der Waals surface area contributed by atoms with Crippen molar-refractivity contribution < 1.29 is 0 Å². The molecule has 0 amide bonds. The van der Waals surface area contributed by atoms with E-state index in [4.69, 9.17) is 11.5 Å². The zero-order valence-electron chi connectivity index (χ0n) is 7.97. The molecule has 0 heterocycles. The molecule has 12 heavy (non-hydrogen) atoms. The van der Waals surface area contributed by atoms with E-state index in [1.807, 2.05) is 0 Å². The van der Waals surface area contributed by atoms with E-state index in [2.05, 4.69) is 12.2 Å². The summed E-state index contributed by atoms with van der Waals surface area (Å²) in [5.41, 5.74) is 10.7. The zero-order valence-corrected chi connectivity index (χ0v) is 7.97. The summed E-state index contributed by atoms with van der Waals surface area (Å²) in [6.07, 6.45) is 11.6. The summed E-state index contributed by atoms with van der Waals surface area (Å²) in [7, 11) is 0. The first kappa shape index (κ1) is 11.7. The van der Waals surface area contributed by atoms with Crippen LogP contribution in [0.4, 0.5) is 0 Å². The standard InChI is InChI=1S/C10H22N2/c11-9-7-5-3-1-2-4-6-8-10-12/h1-2H,3-12H2/b2-1-. The molecule has 0 aromatic carbocycles. The molecule has 2 nitrogen and oxygen atoms in total. The Hall–Kier alpha value is -0.340. The van der Waals surface area contributed by atoms with Gasteiger partial charge in [0.2, 0.25) is 0 Å². The van der Waals surface area contributed by atoms with Crippen molar-refractivity contribution in [1.29, 1.82) is 0 Å². The largest absolute Gasteiger partial charge is 0.330 e. The van der Waals surface area contributed by atoms with E-state index in [0.717, 1.165) is 25.9 Å². The van der Waals surface area contributed by atoms with E-state index in [1.54, 1.807) is 0 Å². The molecule has 0 saturated heterocycles. The zero-order chi connectivity index (χ0) is 9.07. The van der Waals surface area contributed by atoms with Crippen LogP contribution in [0.15, 0.2) is 12.2 Å². The molecule has 0 fully saturated rings. The Morgan fingerprint density at radius 1 is 0.667 bits per heavy atom. The van der Waals surface area contributed by atoms with Gasteiger partial charge in [0.15, 0.2) is 0 Å². The molecule has 0 spiro atoms. The lowest BCUT2D eigenvalue weighted by Crippen LogP contribution is -1.97. The SMILES string of the molecule is NCCCC/C=C\CCCCN. The van der Waals surface area contributed by atoms with Crippen molar-refractivity contribution in [3.8, 4) is 0 Å². The molecule has 0 aromatic rings. The molecule has 0 aliphatic carbocycles. The van der Waals surface area contributed by atoms with Crippen LogP contribution >= 0.6 is 0 Å². The van der Waals surface area contributed by atoms with Crippen LogP contribution in [-0.4, -0.2) is 13.1 Å². The second-order valence-corrected chi connectivity index (χ2v) is 3.04. The van der Waals surface area contributed by atoms with Gasteiger partial charge in [-0.1, -0.05) is 12.2 Å². The molecular weight excluding hydrogens is 148 g/mol. The first-order valence-corrected chi connectivity index (χ1v) is 4.97. The van der Waals surface area contributed by atoms with Gasteiger partial charge in [-0.25, -0.2) is 0 Å². The second kappa shape index (κ2) is 10.7. The molecule has 0 aromatic heterocycles. The summed E-state index contributed by atoms with van der Waals surface area (Å²) in [6, 6.07) is 0. The maximum absolute atomic E-state index is 5.37. The quantitative estimate of drug-likeness (QED) is 0.431. The molecule has 0 aliphatic rings. The van der Waals surface area contributed by atoms with Crippen LogP contribution in [-0.2, 0) is 0 Å². The lowest BCUT2D eigenvalue weighted by Gasteiger charge is -1.93. The van der Waals surface area contributed by atoms with E-state index < -0.39 is 0 Å². The summed E-state index contributed by atoms with van der Waals surface area (Å²) in [5, 5.41) is 0. The van der Waals surface area contributed by atoms with Gasteiger partial charge in [-0.15, -0.1) is 0 Å². The Bertz CT molecular complexity index is 88.0. The summed E-state index contributed by atoms with van der Waals surface area (Å²) in [4.78, 5) is 0. The van der Waals surface area contributed by atoms with Crippen LogP contribution in [0.2, 0.25) is 0 Å². The molecule has 0 atom stereocenters. The van der Waals surface area contributed by atoms with E-state index in [9.17, 15) is 0 Å². The van der Waals surface area contributed by atoms with Gasteiger partial charge in [0, 0.05) is 0 Å². The minimum absolute atomic E-state index is 0.820. The van der Waals surface area contributed by atoms with Gasteiger partial charge in [0.1, 0.15) is 0 Å². The fourth-order valence-electron chi connectivity index (χ4n) is 1.05. The van der Waals surface area contributed by atoms with Crippen molar-refractivity contribution in [2.45, 2.75) is 38.5 Å². The summed E-state index contributed by atoms with van der Waals surface area (Å²) < 4.78 is 0. The van der Waals surface area contributed by atoms with Crippen molar-refractivity contribution in [2.75, 3.05) is 13.1 Å². The summed E-state index contributed by atoms with van der Waals surface area (Å²) in [6.45, 7) is 1.64. The van der Waals surface area contributed by atoms with Crippen LogP contribution in [0.5, 0.6) is 0 Å². The third kappa shape index (κ3) is 9.66. The summed E-state index contributed by atoms with van der Waals surface area (Å²) in [5.74, 6) is 0. The molecule has 0 unspecified atom stereocenters. The van der Waals surface area contributed by atoms with Crippen LogP contribution in [0.1, 0.15) is 38.5 Å². The first-order chi connectivity index (χ1) is 5.91. The van der Waals surface area contributed by atoms with Crippen molar-refractivity contribution in [2.24, 2.45) is 11.5 Å². The average Bonchev–Trinajstić information content (AvgIpc) is 2.10. The third-order valence-electron chi connectivity index (χ3n) is 1.82. The fraction of sp³-hybridized carbons (Fsp3) is 0.800. The van der Waals surface area contributed by atoms with Gasteiger partial charge in [-0.3, -0.25) is 0 Å². The van der Waals surface area contributed by atoms with Crippen molar-refractivity contribution in [3.05, 3.63) is 12.2 Å². The minimum Gasteiger partial charge on any atom is -0.330 e. The molecule has 0 bridgehead atoms. The molecule has 0 rings (SSSR count). The number of allylic oxidation sites excluding steroid dienone is 2. The smallest absolute Gasteiger partial charge is 0.00772 e. The van der Waals surface area contributed by atoms with Gasteiger partial charge in [0.05, 0.1) is 0 Å². The van der Waals surface area contributed by atoms with Crippen molar-refractivity contribution >= 4 is 0 Å². The van der Waals surface area contributed by atoms with E-state index >= 15 is 0 Å². The second-order valence-electron chi connectivity index (χ2n) is 3.04. The molecule has 0 aliphatic heterocycles. The van der Waals surface area contributed by atoms with E-state index in [-0.39, 0.29) is 0 Å². The topological polar surface area (TPSA) is 52.0 Å². The Morgan fingerprint density at radius 3 is 1.42 bits per heavy atom. The van der Waals surface area contributed by atoms with Crippen LogP contribution in [0, 0.1) is 0 Å². The van der Waals surface area contributed by atoms with Gasteiger partial charge < -0.3 is 11.5 Å². The van der Waals surface area contributed by atoms with Crippen LogP contribution in [0.3, 0.4) is 0 Å². The Kier molecular flexibility index (Phi) is 10.4. The Morgan fingerprint density at radius 2 is 1.08 bits per heavy atom. The van der Waals surface area contributed by atoms with Gasteiger partial charge in [-0.2, -0.15) is 0 Å². The number of nitrogens with two attached hydrogens (primary N) is 2. The normalized spacial score (nSPS) is 11.2. The van der Waals surface area contributed by atoms with Crippen LogP contribution in [0.25, 0.3) is 0 Å². The highest BCUT2D eigenvalue weighted by atomic mass is 14.5. The maximum atomic E-state index is 5.37. The van der Waals surface area contributed by atoms with E-state index in [0.29, 0.717) is 0 Å². The molecule has 72 valence electrons. The number of hydrogen-bond donors (Lipinski definition) is 2. The van der Waals surface area contributed by atoms with Crippen molar-refractivity contribution in [3.63, 3.8) is 0 Å². The van der Waals surface area contributed by atoms with Gasteiger partial charge >= 0.3 is 0 Å². The lowest BCUT2D eigenvalue weighted by atomic mass is 10.2. The van der Waals surface area contributed by atoms with Crippen LogP contribution < -0.4 is 11.5 Å². The Balaban J connectivity index is 2.93. The molecule has 0 radical (unpaired) electrons. The first-order valence-electron chi connectivity index (χ1n) is 4.97. The molecule has 0 saturated carbocycles. The summed E-state index contributed by atoms with van der Waals surface area (Å²) >= 11 is 0. The molecule has 2 heteroatoms. The predicted octanol–water partition coefficient (Wildman–Crippen LogP) is 1.80. The average molecular weight is 170 g/mol. The molecular formula is C10H22N2. The van der Waals surface area contributed by atoms with Gasteiger partial charge in [0.25, 0.3) is 0 Å². The highest BCUT2D eigenvalue weighted by Gasteiger charge is 1.83. The lowest BCUT2D eigenvalue weighted by molar-refractivity contribution is 0.743. The van der Waals surface area contributed by atoms with Gasteiger partial charge in [-0.05, 0) is 51.6 Å². The van der Waals surface area contributed by atoms with Crippen molar-refractivity contribution in [1.82, 2.24) is 0 Å². The number of unbranched alkanes of at least 4 members (excludes halogenated alkanes) is 4. The van der Waals surface area contributed by atoms with E-state index in [1.165, 1.54) is 25.7 Å². The highest BCUT2D eigenvalue weighted by Crippen LogP contribution is 1.99. The number of rotatable bonds is 8. The third-order valence-corrected chi connectivity index (χ3v) is 1.82. The Labute approximate surface area is 76.0 Å². The maximum Gasteiger partial charge on any atom is -0.00772 e. The number of hydrogen-bond acceptors (Lipinski definition) is 2. The highest BCUT2D eigenvalue weighted by molar-refractivity contribution is 4.81. The fourth-order valence-corrected chi connectivity index (χ4v) is 1.05.